The van der Waals surface area contributed by atoms with Gasteiger partial charge in [0.1, 0.15) is 0 Å². The highest BCUT2D eigenvalue weighted by atomic mass is 16.5. The van der Waals surface area contributed by atoms with E-state index in [1.54, 1.807) is 4.90 Å². The largest absolute Gasteiger partial charge is 0.465 e. The lowest BCUT2D eigenvalue weighted by Crippen LogP contribution is -2.36. The summed E-state index contributed by atoms with van der Waals surface area (Å²) in [5, 5.41) is 0. The van der Waals surface area contributed by atoms with Crippen LogP contribution in [0.4, 0.5) is 11.4 Å². The molecule has 2 aliphatic rings. The first-order valence-corrected chi connectivity index (χ1v) is 14.3. The van der Waals surface area contributed by atoms with Crippen molar-refractivity contribution in [1.29, 1.82) is 0 Å². The van der Waals surface area contributed by atoms with Crippen molar-refractivity contribution >= 4 is 23.3 Å². The van der Waals surface area contributed by atoms with Crippen molar-refractivity contribution in [3.05, 3.63) is 83.9 Å². The molecule has 0 radical (unpaired) electrons. The molecular formula is C34H40N2O3. The van der Waals surface area contributed by atoms with Gasteiger partial charge in [0, 0.05) is 31.4 Å². The monoisotopic (exact) mass is 525 g/mol. The van der Waals surface area contributed by atoms with Gasteiger partial charge in [0.05, 0.1) is 20.4 Å². The molecule has 0 aromatic heterocycles. The van der Waals surface area contributed by atoms with Gasteiger partial charge in [0.25, 0.3) is 0 Å². The summed E-state index contributed by atoms with van der Waals surface area (Å²) in [5.41, 5.74) is 5.83. The highest BCUT2D eigenvalue weighted by molar-refractivity contribution is 5.95. The summed E-state index contributed by atoms with van der Waals surface area (Å²) in [6, 6.07) is 24.3. The van der Waals surface area contributed by atoms with Gasteiger partial charge in [0.15, 0.2) is 0 Å². The number of carbonyl (C=O) groups is 2. The summed E-state index contributed by atoms with van der Waals surface area (Å²) >= 11 is 0. The Morgan fingerprint density at radius 3 is 2.21 bits per heavy atom. The van der Waals surface area contributed by atoms with Crippen LogP contribution in [0.5, 0.6) is 0 Å². The summed E-state index contributed by atoms with van der Waals surface area (Å²) in [7, 11) is 4.05. The number of ether oxygens (including phenoxy) is 1. The number of benzene rings is 3. The fourth-order valence-corrected chi connectivity index (χ4v) is 5.72. The van der Waals surface area contributed by atoms with Gasteiger partial charge in [-0.2, -0.15) is 0 Å². The first kappa shape index (κ1) is 25.7. The van der Waals surface area contributed by atoms with E-state index in [0.717, 1.165) is 78.6 Å². The van der Waals surface area contributed by atoms with E-state index in [2.05, 4.69) is 29.2 Å². The maximum atomic E-state index is 14.0. The highest BCUT2D eigenvalue weighted by Gasteiger charge is 2.28. The number of anilines is 2. The SMILES string of the molecule is [2H][C@H](c1ccc(-c2ccc(N(C)C)cc2)cc1)N(C(=O)C1CCCCC1)c1cccc(CC2CCCOC2=O)c1. The van der Waals surface area contributed by atoms with Crippen LogP contribution in [0.3, 0.4) is 0 Å². The van der Waals surface area contributed by atoms with Gasteiger partial charge in [-0.3, -0.25) is 9.59 Å². The summed E-state index contributed by atoms with van der Waals surface area (Å²) < 4.78 is 14.6. The number of rotatable bonds is 8. The zero-order valence-electron chi connectivity index (χ0n) is 24.1. The van der Waals surface area contributed by atoms with Crippen molar-refractivity contribution in [3.8, 4) is 11.1 Å². The van der Waals surface area contributed by atoms with Crippen molar-refractivity contribution in [2.75, 3.05) is 30.5 Å². The predicted octanol–water partition coefficient (Wildman–Crippen LogP) is 7.03. The number of hydrogen-bond acceptors (Lipinski definition) is 4. The number of cyclic esters (lactones) is 1. The first-order valence-electron chi connectivity index (χ1n) is 14.9. The minimum Gasteiger partial charge on any atom is -0.465 e. The Bertz CT molecular complexity index is 1300. The third kappa shape index (κ3) is 6.70. The smallest absolute Gasteiger partial charge is 0.309 e. The van der Waals surface area contributed by atoms with Crippen LogP contribution in [0, 0.1) is 11.8 Å². The Morgan fingerprint density at radius 2 is 1.54 bits per heavy atom. The molecule has 1 aliphatic carbocycles. The van der Waals surface area contributed by atoms with Gasteiger partial charge >= 0.3 is 5.97 Å². The predicted molar refractivity (Wildman–Crippen MR) is 158 cm³/mol. The van der Waals surface area contributed by atoms with E-state index in [4.69, 9.17) is 4.74 Å². The third-order valence-corrected chi connectivity index (χ3v) is 8.04. The third-order valence-electron chi connectivity index (χ3n) is 8.04. The summed E-state index contributed by atoms with van der Waals surface area (Å²) in [4.78, 5) is 30.0. The van der Waals surface area contributed by atoms with Gasteiger partial charge in [-0.25, -0.2) is 0 Å². The Morgan fingerprint density at radius 1 is 0.846 bits per heavy atom. The average molecular weight is 526 g/mol. The second-order valence-corrected chi connectivity index (χ2v) is 11.1. The number of hydrogen-bond donors (Lipinski definition) is 0. The molecular weight excluding hydrogens is 484 g/mol. The maximum absolute atomic E-state index is 14.0. The summed E-state index contributed by atoms with van der Waals surface area (Å²) in [5.74, 6) is -0.329. The van der Waals surface area contributed by atoms with E-state index in [1.807, 2.05) is 62.6 Å². The van der Waals surface area contributed by atoms with Crippen molar-refractivity contribution in [1.82, 2.24) is 0 Å². The van der Waals surface area contributed by atoms with Crippen LogP contribution in [-0.2, 0) is 27.3 Å². The highest BCUT2D eigenvalue weighted by Crippen LogP contribution is 2.31. The van der Waals surface area contributed by atoms with Crippen LogP contribution in [0.1, 0.15) is 57.4 Å². The fourth-order valence-electron chi connectivity index (χ4n) is 5.72. The quantitative estimate of drug-likeness (QED) is 0.296. The van der Waals surface area contributed by atoms with Crippen LogP contribution < -0.4 is 9.80 Å². The Balaban J connectivity index is 1.41. The molecule has 1 unspecified atom stereocenters. The average Bonchev–Trinajstić information content (AvgIpc) is 2.99. The summed E-state index contributed by atoms with van der Waals surface area (Å²) in [6.45, 7) is -0.366. The van der Waals surface area contributed by atoms with Crippen molar-refractivity contribution in [3.63, 3.8) is 0 Å². The molecule has 0 bridgehead atoms. The Kier molecular flexibility index (Phi) is 8.23. The van der Waals surface area contributed by atoms with Crippen LogP contribution in [0.2, 0.25) is 0 Å². The van der Waals surface area contributed by atoms with Gasteiger partial charge in [0.2, 0.25) is 5.91 Å². The maximum Gasteiger partial charge on any atom is 0.309 e. The van der Waals surface area contributed by atoms with Crippen LogP contribution in [-0.4, -0.2) is 32.6 Å². The normalized spacial score (nSPS) is 19.1. The first-order chi connectivity index (χ1) is 19.4. The van der Waals surface area contributed by atoms with E-state index in [0.29, 0.717) is 13.0 Å². The van der Waals surface area contributed by atoms with Crippen LogP contribution >= 0.6 is 0 Å². The molecule has 39 heavy (non-hydrogen) atoms. The van der Waals surface area contributed by atoms with E-state index < -0.39 is 6.52 Å². The molecule has 3 aromatic carbocycles. The Labute approximate surface area is 234 Å². The fraction of sp³-hybridized carbons (Fsp3) is 0.412. The molecule has 2 fully saturated rings. The molecule has 5 nitrogen and oxygen atoms in total. The molecule has 1 aliphatic heterocycles. The molecule has 0 spiro atoms. The van der Waals surface area contributed by atoms with Crippen molar-refractivity contribution in [2.24, 2.45) is 11.8 Å². The number of carbonyl (C=O) groups excluding carboxylic acids is 2. The van der Waals surface area contributed by atoms with Crippen LogP contribution in [0.25, 0.3) is 11.1 Å². The van der Waals surface area contributed by atoms with E-state index in [-0.39, 0.29) is 23.7 Å². The zero-order chi connectivity index (χ0) is 28.1. The van der Waals surface area contributed by atoms with Gasteiger partial charge < -0.3 is 14.5 Å². The zero-order valence-corrected chi connectivity index (χ0v) is 23.1. The molecule has 1 saturated heterocycles. The van der Waals surface area contributed by atoms with Gasteiger partial charge in [-0.15, -0.1) is 0 Å². The van der Waals surface area contributed by atoms with Gasteiger partial charge in [-0.1, -0.05) is 67.8 Å². The lowest BCUT2D eigenvalue weighted by Gasteiger charge is -2.30. The molecule has 3 aromatic rings. The minimum absolute atomic E-state index is 0.0253. The molecule has 2 atom stereocenters. The lowest BCUT2D eigenvalue weighted by molar-refractivity contribution is -0.152. The van der Waals surface area contributed by atoms with E-state index in [9.17, 15) is 11.0 Å². The molecule has 5 heteroatoms. The van der Waals surface area contributed by atoms with E-state index >= 15 is 0 Å². The lowest BCUT2D eigenvalue weighted by atomic mass is 9.88. The molecule has 1 saturated carbocycles. The minimum atomic E-state index is -0.866. The standard InChI is InChI=1S/C34H40N2O3/c1-35(2)31-19-17-28(18-20-31)27-15-13-25(14-16-27)24-36(33(37)29-9-4-3-5-10-29)32-12-6-8-26(23-32)22-30-11-7-21-39-34(30)38/h6,8,12-20,23,29-30H,3-5,7,9-11,21-22,24H2,1-2H3/i24D/t24-,30?/m1/s1. The van der Waals surface area contributed by atoms with Gasteiger partial charge in [-0.05, 0) is 78.6 Å². The second kappa shape index (κ2) is 12.5. The number of amides is 1. The molecule has 5 rings (SSSR count). The van der Waals surface area contributed by atoms with E-state index in [1.165, 1.54) is 0 Å². The topological polar surface area (TPSA) is 49.9 Å². The van der Waals surface area contributed by atoms with Crippen molar-refractivity contribution < 1.29 is 15.7 Å². The number of nitrogens with zero attached hydrogens (tertiary/aromatic N) is 2. The van der Waals surface area contributed by atoms with Crippen LogP contribution in [0.15, 0.2) is 72.8 Å². The molecule has 1 heterocycles. The molecule has 204 valence electrons. The Hall–Kier alpha value is -3.60. The summed E-state index contributed by atoms with van der Waals surface area (Å²) in [6.07, 6.45) is 7.30. The number of esters is 1. The van der Waals surface area contributed by atoms with Crippen molar-refractivity contribution in [2.45, 2.75) is 57.9 Å². The second-order valence-electron chi connectivity index (χ2n) is 11.1. The molecule has 1 amide bonds. The molecule has 0 N–H and O–H groups in total.